The van der Waals surface area contributed by atoms with E-state index < -0.39 is 10.0 Å². The molecule has 0 spiro atoms. The third-order valence-corrected chi connectivity index (χ3v) is 7.26. The topological polar surface area (TPSA) is 96.7 Å². The molecule has 8 nitrogen and oxygen atoms in total. The first-order valence-electron chi connectivity index (χ1n) is 10.9. The molecule has 34 heavy (non-hydrogen) atoms. The lowest BCUT2D eigenvalue weighted by atomic mass is 9.93. The van der Waals surface area contributed by atoms with Crippen LogP contribution in [0.15, 0.2) is 64.2 Å². The van der Waals surface area contributed by atoms with Gasteiger partial charge >= 0.3 is 0 Å². The first-order valence-corrected chi connectivity index (χ1v) is 12.7. The van der Waals surface area contributed by atoms with Gasteiger partial charge in [0.05, 0.1) is 23.6 Å². The Morgan fingerprint density at radius 1 is 1.26 bits per heavy atom. The van der Waals surface area contributed by atoms with E-state index >= 15 is 0 Å². The molecule has 0 aliphatic heterocycles. The molecule has 1 heterocycles. The number of hydrogen-bond acceptors (Lipinski definition) is 4. The molecular weight excluding hydrogens is 474 g/mol. The summed E-state index contributed by atoms with van der Waals surface area (Å²) < 4.78 is 31.9. The summed E-state index contributed by atoms with van der Waals surface area (Å²) in [5.41, 5.74) is 2.20. The number of hydrogen-bond donors (Lipinski definition) is 1. The first-order chi connectivity index (χ1) is 16.2. The fourth-order valence-electron chi connectivity index (χ4n) is 3.61. The van der Waals surface area contributed by atoms with E-state index in [1.54, 1.807) is 61.6 Å². The summed E-state index contributed by atoms with van der Waals surface area (Å²) in [6.07, 6.45) is 8.13. The summed E-state index contributed by atoms with van der Waals surface area (Å²) in [7, 11) is -0.665. The number of carbonyl (C=O) groups is 1. The van der Waals surface area contributed by atoms with E-state index in [1.807, 2.05) is 10.9 Å². The van der Waals surface area contributed by atoms with Gasteiger partial charge in [0.25, 0.3) is 10.0 Å². The molecule has 1 aliphatic carbocycles. The van der Waals surface area contributed by atoms with Gasteiger partial charge in [-0.2, -0.15) is 13.5 Å². The van der Waals surface area contributed by atoms with Crippen molar-refractivity contribution in [3.05, 3.63) is 65.4 Å². The van der Waals surface area contributed by atoms with Crippen LogP contribution < -0.4 is 5.32 Å². The second kappa shape index (κ2) is 9.99. The normalized spacial score (nSPS) is 14.2. The fourth-order valence-corrected chi connectivity index (χ4v) is 4.98. The molecule has 0 bridgehead atoms. The number of sulfonamides is 1. The number of benzene rings is 2. The van der Waals surface area contributed by atoms with Gasteiger partial charge in [0, 0.05) is 42.1 Å². The highest BCUT2D eigenvalue weighted by Gasteiger charge is 2.24. The van der Waals surface area contributed by atoms with Gasteiger partial charge in [-0.1, -0.05) is 35.9 Å². The van der Waals surface area contributed by atoms with Crippen LogP contribution >= 0.6 is 11.6 Å². The molecule has 1 fully saturated rings. The van der Waals surface area contributed by atoms with E-state index in [2.05, 4.69) is 14.8 Å². The molecule has 0 atom stereocenters. The van der Waals surface area contributed by atoms with Crippen LogP contribution in [0.25, 0.3) is 11.1 Å². The van der Waals surface area contributed by atoms with Crippen molar-refractivity contribution in [2.24, 2.45) is 4.40 Å². The maximum atomic E-state index is 13.1. The monoisotopic (exact) mass is 499 g/mol. The Morgan fingerprint density at radius 3 is 2.71 bits per heavy atom. The second-order valence-electron chi connectivity index (χ2n) is 8.48. The Hall–Kier alpha value is -3.17. The Labute approximate surface area is 204 Å². The van der Waals surface area contributed by atoms with Crippen molar-refractivity contribution in [1.29, 1.82) is 0 Å². The summed E-state index contributed by atoms with van der Waals surface area (Å²) in [5.74, 6) is -0.307. The standard InChI is InChI=1S/C24H26ClN5O3S/c1-29(2)16-27-34(32,33)23-13-19(28-24(31)12-17-6-3-4-9-22(17)25)10-11-21(23)18-14-26-30(15-18)20-7-5-8-20/h3-4,6,9-11,13-16,20H,5,7-8,12H2,1-2H3,(H,28,31). The number of amides is 1. The minimum absolute atomic E-state index is 0.00528. The lowest BCUT2D eigenvalue weighted by molar-refractivity contribution is -0.115. The SMILES string of the molecule is CN(C)C=NS(=O)(=O)c1cc(NC(=O)Cc2ccccc2Cl)ccc1-c1cnn(C2CCC2)c1. The quantitative estimate of drug-likeness (QED) is 0.366. The predicted molar refractivity (Wildman–Crippen MR) is 134 cm³/mol. The van der Waals surface area contributed by atoms with Crippen LogP contribution in [0, 0.1) is 0 Å². The zero-order valence-corrected chi connectivity index (χ0v) is 20.6. The van der Waals surface area contributed by atoms with Crippen LogP contribution in [0.2, 0.25) is 5.02 Å². The molecule has 1 amide bonds. The van der Waals surface area contributed by atoms with E-state index in [0.29, 0.717) is 33.4 Å². The van der Waals surface area contributed by atoms with Crippen molar-refractivity contribution < 1.29 is 13.2 Å². The highest BCUT2D eigenvalue weighted by Crippen LogP contribution is 2.35. The maximum Gasteiger partial charge on any atom is 0.284 e. The molecule has 2 aromatic carbocycles. The Bertz CT molecular complexity index is 1330. The molecule has 4 rings (SSSR count). The van der Waals surface area contributed by atoms with E-state index in [0.717, 1.165) is 12.8 Å². The van der Waals surface area contributed by atoms with Crippen molar-refractivity contribution in [3.8, 4) is 11.1 Å². The molecule has 0 saturated heterocycles. The molecule has 178 valence electrons. The van der Waals surface area contributed by atoms with E-state index in [4.69, 9.17) is 11.6 Å². The van der Waals surface area contributed by atoms with Crippen molar-refractivity contribution in [3.63, 3.8) is 0 Å². The van der Waals surface area contributed by atoms with Gasteiger partial charge in [-0.15, -0.1) is 4.40 Å². The highest BCUT2D eigenvalue weighted by atomic mass is 35.5. The largest absolute Gasteiger partial charge is 0.368 e. The van der Waals surface area contributed by atoms with Crippen molar-refractivity contribution in [1.82, 2.24) is 14.7 Å². The van der Waals surface area contributed by atoms with E-state index in [-0.39, 0.29) is 17.2 Å². The van der Waals surface area contributed by atoms with Crippen LogP contribution in [0.3, 0.4) is 0 Å². The average Bonchev–Trinajstić information content (AvgIpc) is 3.22. The summed E-state index contributed by atoms with van der Waals surface area (Å²) in [5, 5.41) is 7.70. The summed E-state index contributed by atoms with van der Waals surface area (Å²) in [6, 6.07) is 12.2. The maximum absolute atomic E-state index is 13.1. The molecule has 1 saturated carbocycles. The summed E-state index contributed by atoms with van der Waals surface area (Å²) in [4.78, 5) is 14.2. The van der Waals surface area contributed by atoms with Crippen LogP contribution in [-0.4, -0.2) is 49.4 Å². The van der Waals surface area contributed by atoms with Crippen LogP contribution in [0.5, 0.6) is 0 Å². The number of anilines is 1. The molecule has 1 N–H and O–H groups in total. The lowest BCUT2D eigenvalue weighted by Gasteiger charge is -2.25. The van der Waals surface area contributed by atoms with E-state index in [1.165, 1.54) is 18.8 Å². The van der Waals surface area contributed by atoms with Gasteiger partial charge < -0.3 is 10.2 Å². The van der Waals surface area contributed by atoms with Gasteiger partial charge in [0.15, 0.2) is 0 Å². The van der Waals surface area contributed by atoms with Gasteiger partial charge in [-0.05, 0) is 43.0 Å². The zero-order valence-electron chi connectivity index (χ0n) is 19.0. The van der Waals surface area contributed by atoms with Gasteiger partial charge in [-0.3, -0.25) is 9.48 Å². The molecule has 3 aromatic rings. The molecule has 10 heteroatoms. The fraction of sp³-hybridized carbons (Fsp3) is 0.292. The molecular formula is C24H26ClN5O3S. The number of aromatic nitrogens is 2. The van der Waals surface area contributed by atoms with Gasteiger partial charge in [0.2, 0.25) is 5.91 Å². The smallest absolute Gasteiger partial charge is 0.284 e. The number of carbonyl (C=O) groups excluding carboxylic acids is 1. The van der Waals surface area contributed by atoms with Crippen molar-refractivity contribution >= 4 is 39.6 Å². The average molecular weight is 500 g/mol. The first kappa shape index (κ1) is 24.0. The van der Waals surface area contributed by atoms with Crippen molar-refractivity contribution in [2.75, 3.05) is 19.4 Å². The van der Waals surface area contributed by atoms with Crippen molar-refractivity contribution in [2.45, 2.75) is 36.6 Å². The van der Waals surface area contributed by atoms with Crippen LogP contribution in [-0.2, 0) is 21.2 Å². The number of nitrogens with zero attached hydrogens (tertiary/aromatic N) is 4. The minimum atomic E-state index is -4.04. The number of halogens is 1. The van der Waals surface area contributed by atoms with E-state index in [9.17, 15) is 13.2 Å². The number of rotatable bonds is 8. The predicted octanol–water partition coefficient (Wildman–Crippen LogP) is 4.39. The Balaban J connectivity index is 1.66. The van der Waals surface area contributed by atoms with Crippen LogP contribution in [0.1, 0.15) is 30.9 Å². The Morgan fingerprint density at radius 2 is 2.03 bits per heavy atom. The highest BCUT2D eigenvalue weighted by molar-refractivity contribution is 7.90. The van der Waals surface area contributed by atoms with Crippen LogP contribution in [0.4, 0.5) is 5.69 Å². The molecule has 1 aliphatic rings. The Kier molecular flexibility index (Phi) is 7.04. The van der Waals surface area contributed by atoms with Gasteiger partial charge in [-0.25, -0.2) is 0 Å². The molecule has 1 aromatic heterocycles. The second-order valence-corrected chi connectivity index (χ2v) is 10.5. The number of nitrogens with one attached hydrogen (secondary N) is 1. The molecule has 0 radical (unpaired) electrons. The third kappa shape index (κ3) is 5.48. The molecule has 0 unspecified atom stereocenters. The third-order valence-electron chi connectivity index (χ3n) is 5.63. The summed E-state index contributed by atoms with van der Waals surface area (Å²) in [6.45, 7) is 0. The lowest BCUT2D eigenvalue weighted by Crippen LogP contribution is -2.17. The minimum Gasteiger partial charge on any atom is -0.368 e. The van der Waals surface area contributed by atoms with Gasteiger partial charge in [0.1, 0.15) is 6.34 Å². The summed E-state index contributed by atoms with van der Waals surface area (Å²) >= 11 is 6.16. The zero-order chi connectivity index (χ0) is 24.3.